The fourth-order valence-electron chi connectivity index (χ4n) is 3.57. The molecule has 0 aromatic heterocycles. The van der Waals surface area contributed by atoms with E-state index in [0.717, 1.165) is 25.7 Å². The second-order valence-corrected chi connectivity index (χ2v) is 6.58. The van der Waals surface area contributed by atoms with Crippen molar-refractivity contribution < 1.29 is 4.79 Å². The van der Waals surface area contributed by atoms with Crippen molar-refractivity contribution in [3.63, 3.8) is 0 Å². The molecule has 3 nitrogen and oxygen atoms in total. The molecular weight excluding hydrogens is 224 g/mol. The number of carbonyl (C=O) groups is 1. The highest BCUT2D eigenvalue weighted by Crippen LogP contribution is 2.29. The molecule has 0 bridgehead atoms. The minimum absolute atomic E-state index is 0.0497. The van der Waals surface area contributed by atoms with E-state index in [9.17, 15) is 4.79 Å². The summed E-state index contributed by atoms with van der Waals surface area (Å²) in [5.41, 5.74) is 6.16. The summed E-state index contributed by atoms with van der Waals surface area (Å²) in [6.45, 7) is 2.20. The molecule has 0 aromatic carbocycles. The molecule has 0 saturated heterocycles. The van der Waals surface area contributed by atoms with Crippen molar-refractivity contribution in [3.05, 3.63) is 0 Å². The molecule has 0 heterocycles. The van der Waals surface area contributed by atoms with E-state index in [1.54, 1.807) is 0 Å². The van der Waals surface area contributed by atoms with Gasteiger partial charge in [0, 0.05) is 18.0 Å². The highest BCUT2D eigenvalue weighted by molar-refractivity contribution is 5.77. The summed E-state index contributed by atoms with van der Waals surface area (Å²) in [7, 11) is 0. The first kappa shape index (κ1) is 13.9. The van der Waals surface area contributed by atoms with Gasteiger partial charge < -0.3 is 11.1 Å². The van der Waals surface area contributed by atoms with Crippen molar-refractivity contribution in [3.8, 4) is 0 Å². The monoisotopic (exact) mass is 252 g/mol. The van der Waals surface area contributed by atoms with Crippen LogP contribution in [-0.4, -0.2) is 17.5 Å². The van der Waals surface area contributed by atoms with Gasteiger partial charge in [-0.25, -0.2) is 0 Å². The molecule has 3 N–H and O–H groups in total. The number of rotatable bonds is 3. The standard InChI is InChI=1S/C15H28N2O/c1-15(9-5-2-6-10-15)17-14(18)11-12-7-3-4-8-13(12)16/h12-13H,2-11,16H2,1H3,(H,17,18). The van der Waals surface area contributed by atoms with Crippen molar-refractivity contribution in [1.29, 1.82) is 0 Å². The van der Waals surface area contributed by atoms with Crippen LogP contribution in [0.25, 0.3) is 0 Å². The van der Waals surface area contributed by atoms with Gasteiger partial charge in [0.05, 0.1) is 0 Å². The predicted octanol–water partition coefficient (Wildman–Crippen LogP) is 2.73. The Morgan fingerprint density at radius 3 is 2.50 bits per heavy atom. The van der Waals surface area contributed by atoms with Gasteiger partial charge in [0.1, 0.15) is 0 Å². The maximum absolute atomic E-state index is 12.2. The Balaban J connectivity index is 1.80. The van der Waals surface area contributed by atoms with Crippen molar-refractivity contribution >= 4 is 5.91 Å². The fraction of sp³-hybridized carbons (Fsp3) is 0.933. The highest BCUT2D eigenvalue weighted by Gasteiger charge is 2.30. The van der Waals surface area contributed by atoms with E-state index in [1.165, 1.54) is 32.1 Å². The summed E-state index contributed by atoms with van der Waals surface area (Å²) < 4.78 is 0. The van der Waals surface area contributed by atoms with Gasteiger partial charge >= 0.3 is 0 Å². The van der Waals surface area contributed by atoms with Crippen LogP contribution in [0.5, 0.6) is 0 Å². The van der Waals surface area contributed by atoms with Gasteiger partial charge in [0.25, 0.3) is 0 Å². The third kappa shape index (κ3) is 3.71. The number of amides is 1. The quantitative estimate of drug-likeness (QED) is 0.811. The number of nitrogens with two attached hydrogens (primary N) is 1. The molecule has 2 atom stereocenters. The molecule has 104 valence electrons. The summed E-state index contributed by atoms with van der Waals surface area (Å²) >= 11 is 0. The van der Waals surface area contributed by atoms with Crippen LogP contribution >= 0.6 is 0 Å². The van der Waals surface area contributed by atoms with Crippen LogP contribution in [0.15, 0.2) is 0 Å². The zero-order valence-electron chi connectivity index (χ0n) is 11.7. The maximum atomic E-state index is 12.2. The zero-order chi connectivity index (χ0) is 13.0. The molecule has 0 radical (unpaired) electrons. The number of hydrogen-bond acceptors (Lipinski definition) is 2. The van der Waals surface area contributed by atoms with Crippen LogP contribution in [0.4, 0.5) is 0 Å². The van der Waals surface area contributed by atoms with Crippen LogP contribution in [0, 0.1) is 5.92 Å². The lowest BCUT2D eigenvalue weighted by Crippen LogP contribution is -2.48. The Bertz CT molecular complexity index is 284. The molecule has 0 spiro atoms. The maximum Gasteiger partial charge on any atom is 0.220 e. The smallest absolute Gasteiger partial charge is 0.220 e. The Kier molecular flexibility index (Phi) is 4.66. The SMILES string of the molecule is CC1(NC(=O)CC2CCCCC2N)CCCCC1. The number of carbonyl (C=O) groups excluding carboxylic acids is 1. The van der Waals surface area contributed by atoms with E-state index in [1.807, 2.05) is 0 Å². The molecule has 2 rings (SSSR count). The molecule has 0 aromatic rings. The Labute approximate surface area is 111 Å². The van der Waals surface area contributed by atoms with Crippen LogP contribution < -0.4 is 11.1 Å². The molecular formula is C15H28N2O. The molecule has 3 heteroatoms. The minimum atomic E-state index is 0.0497. The average Bonchev–Trinajstić information content (AvgIpc) is 2.32. The fourth-order valence-corrected chi connectivity index (χ4v) is 3.57. The van der Waals surface area contributed by atoms with Crippen molar-refractivity contribution in [1.82, 2.24) is 5.32 Å². The molecule has 1 amide bonds. The van der Waals surface area contributed by atoms with Crippen LogP contribution in [0.1, 0.15) is 71.1 Å². The van der Waals surface area contributed by atoms with Crippen molar-refractivity contribution in [2.45, 2.75) is 82.7 Å². The van der Waals surface area contributed by atoms with E-state index in [-0.39, 0.29) is 17.5 Å². The van der Waals surface area contributed by atoms with Gasteiger partial charge in [-0.3, -0.25) is 4.79 Å². The van der Waals surface area contributed by atoms with Crippen molar-refractivity contribution in [2.24, 2.45) is 11.7 Å². The third-order valence-corrected chi connectivity index (χ3v) is 4.81. The Hall–Kier alpha value is -0.570. The summed E-state index contributed by atoms with van der Waals surface area (Å²) in [5, 5.41) is 3.27. The van der Waals surface area contributed by atoms with Gasteiger partial charge in [0.15, 0.2) is 0 Å². The summed E-state index contributed by atoms with van der Waals surface area (Å²) in [5.74, 6) is 0.632. The summed E-state index contributed by atoms with van der Waals surface area (Å²) in [6, 6.07) is 0.240. The van der Waals surface area contributed by atoms with E-state index in [0.29, 0.717) is 12.3 Å². The van der Waals surface area contributed by atoms with E-state index in [4.69, 9.17) is 5.73 Å². The molecule has 2 aliphatic carbocycles. The first-order valence-corrected chi connectivity index (χ1v) is 7.66. The lowest BCUT2D eigenvalue weighted by Gasteiger charge is -2.36. The first-order valence-electron chi connectivity index (χ1n) is 7.66. The van der Waals surface area contributed by atoms with E-state index in [2.05, 4.69) is 12.2 Å². The van der Waals surface area contributed by atoms with Crippen LogP contribution in [0.2, 0.25) is 0 Å². The van der Waals surface area contributed by atoms with Gasteiger partial charge in [-0.15, -0.1) is 0 Å². The normalized spacial score (nSPS) is 31.9. The van der Waals surface area contributed by atoms with E-state index >= 15 is 0 Å². The van der Waals surface area contributed by atoms with Gasteiger partial charge in [-0.05, 0) is 38.5 Å². The van der Waals surface area contributed by atoms with Gasteiger partial charge in [-0.2, -0.15) is 0 Å². The average molecular weight is 252 g/mol. The van der Waals surface area contributed by atoms with Crippen LogP contribution in [-0.2, 0) is 4.79 Å². The lowest BCUT2D eigenvalue weighted by molar-refractivity contribution is -0.124. The predicted molar refractivity (Wildman–Crippen MR) is 74.2 cm³/mol. The number of nitrogens with one attached hydrogen (secondary N) is 1. The molecule has 2 unspecified atom stereocenters. The molecule has 2 fully saturated rings. The molecule has 2 saturated carbocycles. The van der Waals surface area contributed by atoms with Crippen molar-refractivity contribution in [2.75, 3.05) is 0 Å². The minimum Gasteiger partial charge on any atom is -0.351 e. The molecule has 0 aliphatic heterocycles. The Morgan fingerprint density at radius 2 is 1.83 bits per heavy atom. The second-order valence-electron chi connectivity index (χ2n) is 6.58. The third-order valence-electron chi connectivity index (χ3n) is 4.81. The largest absolute Gasteiger partial charge is 0.351 e. The second kappa shape index (κ2) is 6.05. The summed E-state index contributed by atoms with van der Waals surface area (Å²) in [4.78, 5) is 12.2. The van der Waals surface area contributed by atoms with Gasteiger partial charge in [-0.1, -0.05) is 32.1 Å². The van der Waals surface area contributed by atoms with Crippen LogP contribution in [0.3, 0.4) is 0 Å². The number of hydrogen-bond donors (Lipinski definition) is 2. The topological polar surface area (TPSA) is 55.1 Å². The summed E-state index contributed by atoms with van der Waals surface area (Å²) in [6.07, 6.45) is 11.4. The highest BCUT2D eigenvalue weighted by atomic mass is 16.1. The van der Waals surface area contributed by atoms with E-state index < -0.39 is 0 Å². The first-order chi connectivity index (χ1) is 8.59. The lowest BCUT2D eigenvalue weighted by atomic mass is 9.81. The Morgan fingerprint density at radius 1 is 1.17 bits per heavy atom. The van der Waals surface area contributed by atoms with Gasteiger partial charge in [0.2, 0.25) is 5.91 Å². The zero-order valence-corrected chi connectivity index (χ0v) is 11.7. The molecule has 18 heavy (non-hydrogen) atoms. The molecule has 2 aliphatic rings.